The van der Waals surface area contributed by atoms with Crippen LogP contribution in [0, 0.1) is 6.07 Å². The monoisotopic (exact) mass is 123 g/mol. The van der Waals surface area contributed by atoms with E-state index in [-0.39, 0.29) is 0 Å². The van der Waals surface area contributed by atoms with E-state index in [4.69, 9.17) is 0 Å². The molecule has 1 heteroatoms. The van der Waals surface area contributed by atoms with Gasteiger partial charge in [0.2, 0.25) is 0 Å². The quantitative estimate of drug-likeness (QED) is 0.542. The van der Waals surface area contributed by atoms with Crippen molar-refractivity contribution in [3.05, 3.63) is 35.9 Å². The number of hydrogen-bond acceptors (Lipinski definition) is 1. The van der Waals surface area contributed by atoms with Gasteiger partial charge in [-0.15, -0.1) is 0 Å². The van der Waals surface area contributed by atoms with Gasteiger partial charge in [-0.25, -0.2) is 0 Å². The summed E-state index contributed by atoms with van der Waals surface area (Å²) in [5.41, 5.74) is 1.22. The minimum absolute atomic E-state index is 0.803. The van der Waals surface area contributed by atoms with E-state index in [0.29, 0.717) is 0 Å². The molecule has 0 spiro atoms. The zero-order valence-corrected chi connectivity index (χ0v) is 5.36. The fourth-order valence-corrected chi connectivity index (χ4v) is 0.726. The standard InChI is InChI=1S/C7H7S/c8-6-7-4-2-1-3-5-7/h1-2,4-5,8H,6H2. The molecular formula is C7H7S. The second-order valence-electron chi connectivity index (χ2n) is 1.57. The van der Waals surface area contributed by atoms with Gasteiger partial charge in [-0.2, -0.15) is 12.6 Å². The topological polar surface area (TPSA) is 0 Å². The van der Waals surface area contributed by atoms with Crippen molar-refractivity contribution < 1.29 is 0 Å². The van der Waals surface area contributed by atoms with Crippen LogP contribution in [0.2, 0.25) is 0 Å². The third kappa shape index (κ3) is 1.27. The maximum absolute atomic E-state index is 4.09. The average Bonchev–Trinajstić information content (AvgIpc) is 1.90. The summed E-state index contributed by atoms with van der Waals surface area (Å²) in [5.74, 6) is 0.803. The van der Waals surface area contributed by atoms with Crippen LogP contribution in [-0.2, 0) is 5.75 Å². The molecule has 0 atom stereocenters. The Labute approximate surface area is 55.0 Å². The molecule has 0 nitrogen and oxygen atoms in total. The Morgan fingerprint density at radius 1 is 1.62 bits per heavy atom. The van der Waals surface area contributed by atoms with Crippen LogP contribution in [0.15, 0.2) is 24.3 Å². The molecule has 0 heterocycles. The molecule has 41 valence electrons. The number of thiol groups is 1. The maximum atomic E-state index is 4.09. The second-order valence-corrected chi connectivity index (χ2v) is 1.89. The van der Waals surface area contributed by atoms with Gasteiger partial charge in [0.25, 0.3) is 0 Å². The van der Waals surface area contributed by atoms with Crippen molar-refractivity contribution in [3.8, 4) is 0 Å². The van der Waals surface area contributed by atoms with Crippen LogP contribution in [0.4, 0.5) is 0 Å². The molecule has 1 aromatic rings. The molecule has 8 heavy (non-hydrogen) atoms. The van der Waals surface area contributed by atoms with Crippen LogP contribution in [0.1, 0.15) is 5.56 Å². The first-order chi connectivity index (χ1) is 3.93. The summed E-state index contributed by atoms with van der Waals surface area (Å²) in [5, 5.41) is 0. The molecule has 1 rings (SSSR count). The van der Waals surface area contributed by atoms with E-state index in [2.05, 4.69) is 18.7 Å². The van der Waals surface area contributed by atoms with Gasteiger partial charge in [0.1, 0.15) is 0 Å². The smallest absolute Gasteiger partial charge is 0.0154 e. The molecule has 0 aromatic heterocycles. The number of rotatable bonds is 1. The summed E-state index contributed by atoms with van der Waals surface area (Å²) in [6.45, 7) is 0. The lowest BCUT2D eigenvalue weighted by Gasteiger charge is -1.88. The highest BCUT2D eigenvalue weighted by Crippen LogP contribution is 1.99. The summed E-state index contributed by atoms with van der Waals surface area (Å²) in [4.78, 5) is 0. The first kappa shape index (κ1) is 5.70. The molecule has 0 saturated carbocycles. The van der Waals surface area contributed by atoms with Crippen molar-refractivity contribution in [1.29, 1.82) is 0 Å². The third-order valence-electron chi connectivity index (χ3n) is 0.954. The minimum atomic E-state index is 0.803. The van der Waals surface area contributed by atoms with E-state index >= 15 is 0 Å². The van der Waals surface area contributed by atoms with E-state index in [0.717, 1.165) is 5.75 Å². The van der Waals surface area contributed by atoms with Gasteiger partial charge in [-0.3, -0.25) is 0 Å². The van der Waals surface area contributed by atoms with Crippen LogP contribution in [-0.4, -0.2) is 0 Å². The summed E-state index contributed by atoms with van der Waals surface area (Å²) < 4.78 is 0. The molecule has 0 amide bonds. The maximum Gasteiger partial charge on any atom is 0.0154 e. The first-order valence-corrected chi connectivity index (χ1v) is 3.12. The molecule has 1 aromatic carbocycles. The molecule has 0 aliphatic carbocycles. The Morgan fingerprint density at radius 3 is 2.88 bits per heavy atom. The van der Waals surface area contributed by atoms with Crippen LogP contribution < -0.4 is 0 Å². The summed E-state index contributed by atoms with van der Waals surface area (Å²) >= 11 is 4.09. The Morgan fingerprint density at radius 2 is 2.50 bits per heavy atom. The summed E-state index contributed by atoms with van der Waals surface area (Å²) in [7, 11) is 0. The summed E-state index contributed by atoms with van der Waals surface area (Å²) in [6, 6.07) is 10.8. The molecular weight excluding hydrogens is 116 g/mol. The predicted octanol–water partition coefficient (Wildman–Crippen LogP) is 1.92. The molecule has 0 bridgehead atoms. The van der Waals surface area contributed by atoms with E-state index < -0.39 is 0 Å². The largest absolute Gasteiger partial charge is 0.175 e. The molecule has 0 unspecified atom stereocenters. The van der Waals surface area contributed by atoms with Crippen molar-refractivity contribution in [1.82, 2.24) is 0 Å². The number of hydrogen-bond donors (Lipinski definition) is 1. The first-order valence-electron chi connectivity index (χ1n) is 2.49. The van der Waals surface area contributed by atoms with Gasteiger partial charge >= 0.3 is 0 Å². The average molecular weight is 123 g/mol. The highest BCUT2D eigenvalue weighted by Gasteiger charge is 1.81. The lowest BCUT2D eigenvalue weighted by Crippen LogP contribution is -1.71. The Hall–Kier alpha value is -0.430. The Bertz CT molecular complexity index is 146. The van der Waals surface area contributed by atoms with Gasteiger partial charge in [-0.1, -0.05) is 24.3 Å². The minimum Gasteiger partial charge on any atom is -0.175 e. The van der Waals surface area contributed by atoms with E-state index in [1.54, 1.807) is 0 Å². The molecule has 0 aliphatic rings. The predicted molar refractivity (Wildman–Crippen MR) is 38.0 cm³/mol. The zero-order valence-electron chi connectivity index (χ0n) is 4.46. The molecule has 0 saturated heterocycles. The Kier molecular flexibility index (Phi) is 1.98. The van der Waals surface area contributed by atoms with Crippen molar-refractivity contribution in [2.75, 3.05) is 0 Å². The van der Waals surface area contributed by atoms with Crippen LogP contribution in [0.5, 0.6) is 0 Å². The number of benzene rings is 1. The van der Waals surface area contributed by atoms with Crippen molar-refractivity contribution in [2.24, 2.45) is 0 Å². The molecule has 1 radical (unpaired) electrons. The van der Waals surface area contributed by atoms with Gasteiger partial charge in [0, 0.05) is 5.75 Å². The lowest BCUT2D eigenvalue weighted by molar-refractivity contribution is 1.42. The SMILES string of the molecule is SCc1c[c]ccc1. The molecule has 0 N–H and O–H groups in total. The zero-order chi connectivity index (χ0) is 5.82. The van der Waals surface area contributed by atoms with E-state index in [1.165, 1.54) is 5.56 Å². The normalized spacial score (nSPS) is 9.12. The molecule has 0 aliphatic heterocycles. The van der Waals surface area contributed by atoms with Crippen molar-refractivity contribution in [2.45, 2.75) is 5.75 Å². The summed E-state index contributed by atoms with van der Waals surface area (Å²) in [6.07, 6.45) is 0. The van der Waals surface area contributed by atoms with Gasteiger partial charge in [0.05, 0.1) is 0 Å². The highest BCUT2D eigenvalue weighted by atomic mass is 32.1. The van der Waals surface area contributed by atoms with Crippen molar-refractivity contribution >= 4 is 12.6 Å². The van der Waals surface area contributed by atoms with E-state index in [9.17, 15) is 0 Å². The fraction of sp³-hybridized carbons (Fsp3) is 0.143. The van der Waals surface area contributed by atoms with Gasteiger partial charge < -0.3 is 0 Å². The van der Waals surface area contributed by atoms with Crippen molar-refractivity contribution in [3.63, 3.8) is 0 Å². The third-order valence-corrected chi connectivity index (χ3v) is 1.32. The van der Waals surface area contributed by atoms with Crippen LogP contribution in [0.25, 0.3) is 0 Å². The lowest BCUT2D eigenvalue weighted by atomic mass is 10.2. The second kappa shape index (κ2) is 2.78. The highest BCUT2D eigenvalue weighted by molar-refractivity contribution is 7.79. The van der Waals surface area contributed by atoms with Gasteiger partial charge in [-0.05, 0) is 11.6 Å². The van der Waals surface area contributed by atoms with Crippen LogP contribution in [0.3, 0.4) is 0 Å². The van der Waals surface area contributed by atoms with E-state index in [1.807, 2.05) is 24.3 Å². The van der Waals surface area contributed by atoms with Crippen LogP contribution >= 0.6 is 12.6 Å². The molecule has 0 fully saturated rings. The van der Waals surface area contributed by atoms with Gasteiger partial charge in [0.15, 0.2) is 0 Å². The Balaban J connectivity index is 2.83. The fourth-order valence-electron chi connectivity index (χ4n) is 0.529.